The van der Waals surface area contributed by atoms with Gasteiger partial charge in [-0.3, -0.25) is 0 Å². The van der Waals surface area contributed by atoms with E-state index in [0.717, 1.165) is 56.8 Å². The predicted molar refractivity (Wildman–Crippen MR) is 139 cm³/mol. The van der Waals surface area contributed by atoms with E-state index in [0.29, 0.717) is 19.1 Å². The third-order valence-corrected chi connectivity index (χ3v) is 7.68. The van der Waals surface area contributed by atoms with Crippen LogP contribution in [0.5, 0.6) is 11.5 Å². The van der Waals surface area contributed by atoms with Crippen molar-refractivity contribution in [2.24, 2.45) is 11.8 Å². The van der Waals surface area contributed by atoms with Gasteiger partial charge in [0.05, 0.1) is 18.8 Å². The molecule has 0 saturated heterocycles. The first kappa shape index (κ1) is 24.8. The van der Waals surface area contributed by atoms with Gasteiger partial charge in [-0.25, -0.2) is 0 Å². The SMILES string of the molecule is CCOc1ccc(CCN(CC)CC[C@]2(O)C[C@H]3CCC2C=C3c2ccccc2)cc1OCC. The fourth-order valence-electron chi connectivity index (χ4n) is 5.75. The highest BCUT2D eigenvalue weighted by Crippen LogP contribution is 2.51. The Balaban J connectivity index is 1.35. The first-order chi connectivity index (χ1) is 16.6. The van der Waals surface area contributed by atoms with Crippen molar-refractivity contribution in [2.45, 2.75) is 58.5 Å². The summed E-state index contributed by atoms with van der Waals surface area (Å²) >= 11 is 0. The molecule has 0 aliphatic heterocycles. The number of allylic oxidation sites excluding steroid dienone is 1. The van der Waals surface area contributed by atoms with Crippen molar-refractivity contribution in [3.05, 3.63) is 65.7 Å². The molecule has 34 heavy (non-hydrogen) atoms. The Kier molecular flexibility index (Phi) is 8.33. The molecule has 0 amide bonds. The van der Waals surface area contributed by atoms with Gasteiger partial charge in [-0.2, -0.15) is 0 Å². The average molecular weight is 464 g/mol. The molecule has 2 aromatic rings. The number of fused-ring (bicyclic) bond motifs is 2. The number of rotatable bonds is 12. The van der Waals surface area contributed by atoms with E-state index in [1.165, 1.54) is 23.1 Å². The fraction of sp³-hybridized carbons (Fsp3) is 0.533. The molecule has 1 saturated carbocycles. The van der Waals surface area contributed by atoms with E-state index < -0.39 is 5.60 Å². The zero-order valence-corrected chi connectivity index (χ0v) is 21.1. The highest BCUT2D eigenvalue weighted by molar-refractivity contribution is 5.69. The zero-order valence-electron chi connectivity index (χ0n) is 21.1. The Hall–Kier alpha value is -2.30. The lowest BCUT2D eigenvalue weighted by atomic mass is 9.61. The van der Waals surface area contributed by atoms with Crippen LogP contribution in [-0.4, -0.2) is 48.5 Å². The molecule has 0 spiro atoms. The molecule has 1 unspecified atom stereocenters. The van der Waals surface area contributed by atoms with E-state index in [4.69, 9.17) is 9.47 Å². The lowest BCUT2D eigenvalue weighted by Gasteiger charge is -2.48. The molecule has 4 heteroatoms. The van der Waals surface area contributed by atoms with Gasteiger partial charge in [-0.1, -0.05) is 49.4 Å². The van der Waals surface area contributed by atoms with Crippen LogP contribution in [0.3, 0.4) is 0 Å². The molecule has 5 rings (SSSR count). The second-order valence-corrected chi connectivity index (χ2v) is 9.76. The highest BCUT2D eigenvalue weighted by Gasteiger charge is 2.46. The Labute approximate surface area is 205 Å². The lowest BCUT2D eigenvalue weighted by molar-refractivity contribution is -0.0582. The standard InChI is InChI=1S/C30H41NO3/c1-4-31(18-16-23-12-15-28(33-5-2)29(20-23)34-6-3)19-17-30(32)22-25-13-14-26(30)21-27(25)24-10-8-7-9-11-24/h7-12,15,20-21,25-26,32H,4-6,13-14,16-19,22H2,1-3H3/t25-,26?,30+/m1/s1. The summed E-state index contributed by atoms with van der Waals surface area (Å²) in [5.41, 5.74) is 3.47. The van der Waals surface area contributed by atoms with E-state index in [2.05, 4.69) is 60.4 Å². The highest BCUT2D eigenvalue weighted by atomic mass is 16.5. The van der Waals surface area contributed by atoms with Crippen LogP contribution in [-0.2, 0) is 6.42 Å². The first-order valence-corrected chi connectivity index (χ1v) is 13.2. The van der Waals surface area contributed by atoms with Crippen LogP contribution in [0.2, 0.25) is 0 Å². The summed E-state index contributed by atoms with van der Waals surface area (Å²) in [6, 6.07) is 17.0. The molecule has 3 aliphatic carbocycles. The maximum Gasteiger partial charge on any atom is 0.161 e. The van der Waals surface area contributed by atoms with Crippen LogP contribution in [0.25, 0.3) is 5.57 Å². The van der Waals surface area contributed by atoms with Gasteiger partial charge in [0.15, 0.2) is 11.5 Å². The largest absolute Gasteiger partial charge is 0.490 e. The van der Waals surface area contributed by atoms with Gasteiger partial charge in [0.1, 0.15) is 0 Å². The number of likely N-dealkylation sites (N-methyl/N-ethyl adjacent to an activating group) is 1. The van der Waals surface area contributed by atoms with E-state index >= 15 is 0 Å². The van der Waals surface area contributed by atoms with Crippen LogP contribution < -0.4 is 9.47 Å². The number of nitrogens with zero attached hydrogens (tertiary/aromatic N) is 1. The number of benzene rings is 2. The summed E-state index contributed by atoms with van der Waals surface area (Å²) in [5, 5.41) is 11.6. The third kappa shape index (κ3) is 5.67. The van der Waals surface area contributed by atoms with Crippen molar-refractivity contribution >= 4 is 5.57 Å². The zero-order chi connectivity index (χ0) is 24.0. The predicted octanol–water partition coefficient (Wildman–Crippen LogP) is 5.98. The van der Waals surface area contributed by atoms with Gasteiger partial charge >= 0.3 is 0 Å². The molecule has 3 aliphatic rings. The van der Waals surface area contributed by atoms with Crippen LogP contribution in [0.4, 0.5) is 0 Å². The van der Waals surface area contributed by atoms with Gasteiger partial charge in [-0.05, 0) is 87.2 Å². The molecule has 0 aromatic heterocycles. The number of ether oxygens (including phenoxy) is 2. The van der Waals surface area contributed by atoms with Crippen LogP contribution in [0.15, 0.2) is 54.6 Å². The Morgan fingerprint density at radius 2 is 1.71 bits per heavy atom. The Bertz CT molecular complexity index is 957. The van der Waals surface area contributed by atoms with Crippen molar-refractivity contribution in [2.75, 3.05) is 32.8 Å². The second-order valence-electron chi connectivity index (χ2n) is 9.76. The molecule has 0 radical (unpaired) electrons. The van der Waals surface area contributed by atoms with E-state index in [1.54, 1.807) is 0 Å². The van der Waals surface area contributed by atoms with Crippen molar-refractivity contribution in [1.29, 1.82) is 0 Å². The van der Waals surface area contributed by atoms with Crippen LogP contribution >= 0.6 is 0 Å². The molecular formula is C30H41NO3. The minimum Gasteiger partial charge on any atom is -0.490 e. The monoisotopic (exact) mass is 463 g/mol. The van der Waals surface area contributed by atoms with Gasteiger partial charge in [0.2, 0.25) is 0 Å². The molecule has 3 atom stereocenters. The van der Waals surface area contributed by atoms with Crippen molar-refractivity contribution in [3.63, 3.8) is 0 Å². The lowest BCUT2D eigenvalue weighted by Crippen LogP contribution is -2.48. The molecule has 1 fully saturated rings. The first-order valence-electron chi connectivity index (χ1n) is 13.2. The summed E-state index contributed by atoms with van der Waals surface area (Å²) in [6.07, 6.45) is 7.39. The smallest absolute Gasteiger partial charge is 0.161 e. The fourth-order valence-corrected chi connectivity index (χ4v) is 5.75. The number of hydrogen-bond acceptors (Lipinski definition) is 4. The van der Waals surface area contributed by atoms with E-state index in [-0.39, 0.29) is 5.92 Å². The summed E-state index contributed by atoms with van der Waals surface area (Å²) in [7, 11) is 0. The van der Waals surface area contributed by atoms with E-state index in [1.807, 2.05) is 19.9 Å². The topological polar surface area (TPSA) is 41.9 Å². The summed E-state index contributed by atoms with van der Waals surface area (Å²) in [5.74, 6) is 2.40. The summed E-state index contributed by atoms with van der Waals surface area (Å²) < 4.78 is 11.5. The second kappa shape index (κ2) is 11.4. The molecule has 4 nitrogen and oxygen atoms in total. The van der Waals surface area contributed by atoms with Crippen LogP contribution in [0.1, 0.15) is 57.6 Å². The quantitative estimate of drug-likeness (QED) is 0.420. The molecule has 0 heterocycles. The minimum atomic E-state index is -0.574. The van der Waals surface area contributed by atoms with Crippen molar-refractivity contribution in [3.8, 4) is 11.5 Å². The molecule has 1 N–H and O–H groups in total. The summed E-state index contributed by atoms with van der Waals surface area (Å²) in [6.45, 7) is 10.4. The molecule has 2 bridgehead atoms. The number of aliphatic hydroxyl groups is 1. The van der Waals surface area contributed by atoms with Gasteiger partial charge < -0.3 is 19.5 Å². The maximum atomic E-state index is 11.6. The van der Waals surface area contributed by atoms with Crippen molar-refractivity contribution in [1.82, 2.24) is 4.90 Å². The van der Waals surface area contributed by atoms with Gasteiger partial charge in [0.25, 0.3) is 0 Å². The Morgan fingerprint density at radius 1 is 0.941 bits per heavy atom. The molecule has 2 aromatic carbocycles. The Morgan fingerprint density at radius 3 is 2.38 bits per heavy atom. The minimum absolute atomic E-state index is 0.270. The van der Waals surface area contributed by atoms with E-state index in [9.17, 15) is 5.11 Å². The normalized spacial score (nSPS) is 23.7. The molecular weight excluding hydrogens is 422 g/mol. The van der Waals surface area contributed by atoms with Crippen LogP contribution in [0, 0.1) is 11.8 Å². The third-order valence-electron chi connectivity index (χ3n) is 7.68. The maximum absolute atomic E-state index is 11.6. The average Bonchev–Trinajstić information content (AvgIpc) is 2.86. The number of hydrogen-bond donors (Lipinski definition) is 1. The van der Waals surface area contributed by atoms with Gasteiger partial charge in [0, 0.05) is 19.0 Å². The van der Waals surface area contributed by atoms with Crippen molar-refractivity contribution < 1.29 is 14.6 Å². The summed E-state index contributed by atoms with van der Waals surface area (Å²) in [4.78, 5) is 2.47. The van der Waals surface area contributed by atoms with Gasteiger partial charge in [-0.15, -0.1) is 0 Å². The molecule has 184 valence electrons.